The first kappa shape index (κ1) is 22.3. The van der Waals surface area contributed by atoms with Crippen LogP contribution in [0.2, 0.25) is 0 Å². The molecule has 3 N–H and O–H groups in total. The summed E-state index contributed by atoms with van der Waals surface area (Å²) in [6.45, 7) is 2.38. The smallest absolute Gasteiger partial charge is 0.322 e. The predicted molar refractivity (Wildman–Crippen MR) is 117 cm³/mol. The van der Waals surface area contributed by atoms with Crippen LogP contribution < -0.4 is 10.9 Å². The number of hydrogen-bond donors (Lipinski definition) is 2. The van der Waals surface area contributed by atoms with E-state index in [0.29, 0.717) is 5.69 Å². The van der Waals surface area contributed by atoms with Gasteiger partial charge in [0.05, 0.1) is 12.3 Å². The Morgan fingerprint density at radius 3 is 2.53 bits per heavy atom. The molecule has 1 amide bonds. The van der Waals surface area contributed by atoms with E-state index in [-0.39, 0.29) is 17.7 Å². The number of carbonyl (C=O) groups is 1. The molecule has 0 aliphatic carbocycles. The largest absolute Gasteiger partial charge is 0.369 e. The fourth-order valence-corrected chi connectivity index (χ4v) is 4.63. The van der Waals surface area contributed by atoms with E-state index in [1.165, 1.54) is 31.2 Å². The maximum atomic E-state index is 15.0. The lowest BCUT2D eigenvalue weighted by Crippen LogP contribution is -2.37. The van der Waals surface area contributed by atoms with Crippen LogP contribution in [0.15, 0.2) is 65.4 Å². The monoisotopic (exact) mass is 448 g/mol. The van der Waals surface area contributed by atoms with Crippen molar-refractivity contribution in [1.29, 1.82) is 0 Å². The van der Waals surface area contributed by atoms with E-state index in [9.17, 15) is 18.6 Å². The number of hydrazine groups is 1. The molecule has 2 atom stereocenters. The van der Waals surface area contributed by atoms with Gasteiger partial charge in [-0.2, -0.15) is 11.3 Å². The lowest BCUT2D eigenvalue weighted by Gasteiger charge is -2.26. The van der Waals surface area contributed by atoms with Crippen molar-refractivity contribution >= 4 is 30.5 Å². The van der Waals surface area contributed by atoms with E-state index >= 15 is 0 Å². The number of nitrogens with two attached hydrogens (primary N) is 1. The van der Waals surface area contributed by atoms with Crippen LogP contribution in [0.25, 0.3) is 11.1 Å². The minimum atomic E-state index is -4.54. The summed E-state index contributed by atoms with van der Waals surface area (Å²) in [5.41, 5.74) is 2.59. The Kier molecular flexibility index (Phi) is 6.55. The second-order valence-electron chi connectivity index (χ2n) is 6.71. The van der Waals surface area contributed by atoms with E-state index in [0.717, 1.165) is 23.1 Å². The van der Waals surface area contributed by atoms with Crippen LogP contribution in [-0.4, -0.2) is 17.4 Å². The number of nitrogens with zero attached hydrogens (tertiary/aromatic N) is 1. The SMILES string of the molecule is CCOP(=O)(O)C(C)(F)c1ccc(C(=O)N(N)c2cccc(-c3ccsc3)c2)cc1. The molecule has 1 aromatic heterocycles. The van der Waals surface area contributed by atoms with Gasteiger partial charge >= 0.3 is 7.60 Å². The second kappa shape index (κ2) is 8.79. The third-order valence-electron chi connectivity index (χ3n) is 4.69. The van der Waals surface area contributed by atoms with Gasteiger partial charge in [0.2, 0.25) is 5.41 Å². The molecule has 0 bridgehead atoms. The number of anilines is 1. The molecule has 0 saturated heterocycles. The summed E-state index contributed by atoms with van der Waals surface area (Å²) in [7, 11) is -4.54. The Labute approximate surface area is 178 Å². The van der Waals surface area contributed by atoms with E-state index in [4.69, 9.17) is 10.4 Å². The Morgan fingerprint density at radius 2 is 1.93 bits per heavy atom. The molecule has 0 saturated carbocycles. The molecule has 3 rings (SSSR count). The lowest BCUT2D eigenvalue weighted by atomic mass is 10.1. The summed E-state index contributed by atoms with van der Waals surface area (Å²) in [6, 6.07) is 14.5. The van der Waals surface area contributed by atoms with Crippen molar-refractivity contribution in [3.8, 4) is 11.1 Å². The fraction of sp³-hybridized carbons (Fsp3) is 0.190. The van der Waals surface area contributed by atoms with Crippen LogP contribution in [0.4, 0.5) is 10.1 Å². The molecule has 0 fully saturated rings. The van der Waals surface area contributed by atoms with Gasteiger partial charge in [-0.15, -0.1) is 0 Å². The first-order chi connectivity index (χ1) is 14.2. The van der Waals surface area contributed by atoms with E-state index in [1.807, 2.05) is 22.9 Å². The number of amides is 1. The van der Waals surface area contributed by atoms with Crippen LogP contribution in [0.5, 0.6) is 0 Å². The summed E-state index contributed by atoms with van der Waals surface area (Å²) in [6.07, 6.45) is 0. The van der Waals surface area contributed by atoms with Crippen molar-refractivity contribution in [2.75, 3.05) is 11.6 Å². The summed E-state index contributed by atoms with van der Waals surface area (Å²) >= 11 is 1.57. The Hall–Kier alpha value is -2.35. The first-order valence-electron chi connectivity index (χ1n) is 9.16. The predicted octanol–water partition coefficient (Wildman–Crippen LogP) is 5.30. The molecule has 2 unspecified atom stereocenters. The Morgan fingerprint density at radius 1 is 1.23 bits per heavy atom. The van der Waals surface area contributed by atoms with Crippen molar-refractivity contribution in [2.45, 2.75) is 19.3 Å². The zero-order valence-corrected chi connectivity index (χ0v) is 18.2. The molecule has 6 nitrogen and oxygen atoms in total. The molecular weight excluding hydrogens is 426 g/mol. The van der Waals surface area contributed by atoms with Crippen LogP contribution in [0, 0.1) is 0 Å². The highest BCUT2D eigenvalue weighted by molar-refractivity contribution is 7.53. The van der Waals surface area contributed by atoms with Gasteiger partial charge in [-0.1, -0.05) is 24.3 Å². The van der Waals surface area contributed by atoms with Crippen molar-refractivity contribution in [3.63, 3.8) is 0 Å². The number of hydrogen-bond acceptors (Lipinski definition) is 5. The average Bonchev–Trinajstić information content (AvgIpc) is 3.28. The first-order valence-corrected chi connectivity index (χ1v) is 11.7. The Balaban J connectivity index is 1.82. The number of carbonyl (C=O) groups excluding carboxylic acids is 1. The van der Waals surface area contributed by atoms with Crippen molar-refractivity contribution in [1.82, 2.24) is 0 Å². The van der Waals surface area contributed by atoms with Crippen molar-refractivity contribution in [2.24, 2.45) is 5.84 Å². The molecule has 1 heterocycles. The zero-order chi connectivity index (χ0) is 21.9. The van der Waals surface area contributed by atoms with Crippen molar-refractivity contribution in [3.05, 3.63) is 76.5 Å². The molecule has 0 radical (unpaired) electrons. The fourth-order valence-electron chi connectivity index (χ4n) is 2.90. The third kappa shape index (κ3) is 4.38. The number of thiophene rings is 1. The third-order valence-corrected chi connectivity index (χ3v) is 7.30. The summed E-state index contributed by atoms with van der Waals surface area (Å²) < 4.78 is 31.8. The minimum absolute atomic E-state index is 0.0682. The highest BCUT2D eigenvalue weighted by Gasteiger charge is 2.47. The van der Waals surface area contributed by atoms with Gasteiger partial charge in [0.25, 0.3) is 5.91 Å². The number of alkyl halides is 1. The van der Waals surface area contributed by atoms with Gasteiger partial charge in [0, 0.05) is 11.1 Å². The van der Waals surface area contributed by atoms with Crippen LogP contribution >= 0.6 is 18.9 Å². The van der Waals surface area contributed by atoms with Gasteiger partial charge in [-0.3, -0.25) is 9.36 Å². The summed E-state index contributed by atoms with van der Waals surface area (Å²) in [5, 5.41) is 2.36. The molecule has 3 aromatic rings. The molecule has 2 aromatic carbocycles. The lowest BCUT2D eigenvalue weighted by molar-refractivity contribution is 0.0987. The maximum absolute atomic E-state index is 15.0. The summed E-state index contributed by atoms with van der Waals surface area (Å²) in [4.78, 5) is 22.7. The zero-order valence-electron chi connectivity index (χ0n) is 16.5. The van der Waals surface area contributed by atoms with Gasteiger partial charge in [0.15, 0.2) is 0 Å². The van der Waals surface area contributed by atoms with E-state index < -0.39 is 18.9 Å². The van der Waals surface area contributed by atoms with E-state index in [1.54, 1.807) is 29.5 Å². The molecule has 0 aliphatic heterocycles. The molecule has 9 heteroatoms. The van der Waals surface area contributed by atoms with Crippen molar-refractivity contribution < 1.29 is 23.2 Å². The standard InChI is InChI=1S/C21H22FN2O4PS/c1-3-28-29(26,27)21(2,22)18-9-7-15(8-10-18)20(25)24(23)19-6-4-5-16(13-19)17-11-12-30-14-17/h4-14H,3,23H2,1-2H3,(H,26,27). The van der Waals surface area contributed by atoms with Crippen LogP contribution in [-0.2, 0) is 14.5 Å². The van der Waals surface area contributed by atoms with E-state index in [2.05, 4.69) is 0 Å². The molecule has 0 spiro atoms. The average molecular weight is 448 g/mol. The van der Waals surface area contributed by atoms with Crippen LogP contribution in [0.3, 0.4) is 0 Å². The highest BCUT2D eigenvalue weighted by atomic mass is 32.1. The number of rotatable bonds is 7. The normalized spacial score (nSPS) is 15.2. The van der Waals surface area contributed by atoms with Gasteiger partial charge in [-0.25, -0.2) is 15.2 Å². The van der Waals surface area contributed by atoms with Gasteiger partial charge < -0.3 is 9.42 Å². The highest BCUT2D eigenvalue weighted by Crippen LogP contribution is 2.61. The molecule has 0 aliphatic rings. The summed E-state index contributed by atoms with van der Waals surface area (Å²) in [5.74, 6) is 5.53. The molecule has 158 valence electrons. The van der Waals surface area contributed by atoms with Crippen LogP contribution in [0.1, 0.15) is 29.8 Å². The number of benzene rings is 2. The second-order valence-corrected chi connectivity index (χ2v) is 9.63. The maximum Gasteiger partial charge on any atom is 0.369 e. The number of halogens is 1. The van der Waals surface area contributed by atoms with Gasteiger partial charge in [0.1, 0.15) is 0 Å². The topological polar surface area (TPSA) is 92.9 Å². The van der Waals surface area contributed by atoms with Gasteiger partial charge in [-0.05, 0) is 66.1 Å². The Bertz CT molecular complexity index is 1070. The molecular formula is C21H22FN2O4PS. The quantitative estimate of drug-likeness (QED) is 0.221. The molecule has 30 heavy (non-hydrogen) atoms. The minimum Gasteiger partial charge on any atom is -0.322 e.